The van der Waals surface area contributed by atoms with Crippen LogP contribution in [-0.2, 0) is 9.59 Å². The van der Waals surface area contributed by atoms with E-state index in [2.05, 4.69) is 70.6 Å². The van der Waals surface area contributed by atoms with Gasteiger partial charge in [-0.3, -0.25) is 19.4 Å². The van der Waals surface area contributed by atoms with Crippen LogP contribution in [0.2, 0.25) is 10.0 Å². The Hall–Kier alpha value is -5.52. The van der Waals surface area contributed by atoms with E-state index >= 15 is 0 Å². The van der Waals surface area contributed by atoms with Crippen molar-refractivity contribution >= 4 is 57.1 Å². The molecule has 4 atom stereocenters. The third-order valence-corrected chi connectivity index (χ3v) is 12.6. The van der Waals surface area contributed by atoms with E-state index in [1.54, 1.807) is 0 Å². The number of carbonyl (C=O) groups excluding carboxylic acids is 2. The molecule has 2 unspecified atom stereocenters. The topological polar surface area (TPSA) is 104 Å². The summed E-state index contributed by atoms with van der Waals surface area (Å²) in [7, 11) is 7.75. The van der Waals surface area contributed by atoms with Gasteiger partial charge < -0.3 is 19.8 Å². The fourth-order valence-electron chi connectivity index (χ4n) is 9.15. The molecular weight excluding hydrogens is 791 g/mol. The van der Waals surface area contributed by atoms with Crippen LogP contribution < -0.4 is 0 Å². The second-order valence-electron chi connectivity index (χ2n) is 16.5. The van der Waals surface area contributed by atoms with Crippen LogP contribution in [0.3, 0.4) is 0 Å². The number of carbonyl (C=O) groups is 2. The molecule has 2 aromatic heterocycles. The van der Waals surface area contributed by atoms with Crippen molar-refractivity contribution in [1.82, 2.24) is 39.5 Å². The van der Waals surface area contributed by atoms with Crippen LogP contribution in [0.5, 0.6) is 0 Å². The van der Waals surface area contributed by atoms with Gasteiger partial charge in [-0.2, -0.15) is 0 Å². The zero-order valence-corrected chi connectivity index (χ0v) is 35.7. The van der Waals surface area contributed by atoms with Gasteiger partial charge in [0.1, 0.15) is 23.7 Å². The molecule has 2 N–H and O–H groups in total. The van der Waals surface area contributed by atoms with E-state index in [0.717, 1.165) is 92.8 Å². The number of fused-ring (bicyclic) bond motifs is 2. The monoisotopic (exact) mass is 838 g/mol. The van der Waals surface area contributed by atoms with E-state index in [1.807, 2.05) is 96.3 Å². The van der Waals surface area contributed by atoms with Gasteiger partial charge in [0.15, 0.2) is 0 Å². The first kappa shape index (κ1) is 39.9. The number of aromatic amines is 2. The van der Waals surface area contributed by atoms with Crippen LogP contribution in [0.1, 0.15) is 72.6 Å². The van der Waals surface area contributed by atoms with Crippen molar-refractivity contribution in [3.8, 4) is 22.3 Å². The largest absolute Gasteiger partial charge is 0.340 e. The zero-order valence-electron chi connectivity index (χ0n) is 34.2. The predicted molar refractivity (Wildman–Crippen MR) is 240 cm³/mol. The van der Waals surface area contributed by atoms with Crippen LogP contribution in [0.25, 0.3) is 44.3 Å². The number of imidazole rings is 2. The quantitative estimate of drug-likeness (QED) is 0.142. The summed E-state index contributed by atoms with van der Waals surface area (Å²) in [4.78, 5) is 53.1. The van der Waals surface area contributed by atoms with Gasteiger partial charge in [0.25, 0.3) is 0 Å². The van der Waals surface area contributed by atoms with E-state index in [1.165, 1.54) is 0 Å². The minimum atomic E-state index is -0.413. The van der Waals surface area contributed by atoms with Crippen molar-refractivity contribution < 1.29 is 9.59 Å². The molecule has 0 radical (unpaired) electrons. The fraction of sp³-hybridized carbons (Fsp3) is 0.292. The summed E-state index contributed by atoms with van der Waals surface area (Å²) in [5, 5.41) is 1.30. The smallest absolute Gasteiger partial charge is 0.245 e. The van der Waals surface area contributed by atoms with Gasteiger partial charge in [-0.1, -0.05) is 83.9 Å². The molecule has 2 aliphatic heterocycles. The van der Waals surface area contributed by atoms with Gasteiger partial charge in [-0.15, -0.1) is 0 Å². The van der Waals surface area contributed by atoms with Crippen molar-refractivity contribution in [2.24, 2.45) is 0 Å². The summed E-state index contributed by atoms with van der Waals surface area (Å²) in [6.45, 7) is 1.38. The summed E-state index contributed by atoms with van der Waals surface area (Å²) < 4.78 is 0. The Balaban J connectivity index is 0.912. The summed E-state index contributed by atoms with van der Waals surface area (Å²) in [5.41, 5.74) is 9.82. The highest BCUT2D eigenvalue weighted by atomic mass is 35.5. The summed E-state index contributed by atoms with van der Waals surface area (Å²) >= 11 is 12.3. The molecule has 60 heavy (non-hydrogen) atoms. The fourth-order valence-corrected chi connectivity index (χ4v) is 9.40. The SMILES string of the molecule is CN(C)C(C(=O)N1CCC[C@@H]1c1nc2ccc(-c3ccc(-c4ccc5nc([C@@H]6CCCN6C(=O)C(c6ccc(Cl)cc6)N(C)C)[nH]c5c4)cc3)cc2[nH]1)c1ccc(Cl)cc1. The Morgan fingerprint density at radius 1 is 0.567 bits per heavy atom. The zero-order chi connectivity index (χ0) is 41.7. The molecule has 2 fully saturated rings. The normalized spacial score (nSPS) is 18.0. The maximum Gasteiger partial charge on any atom is 0.245 e. The average molecular weight is 840 g/mol. The van der Waals surface area contributed by atoms with Crippen molar-refractivity contribution in [3.63, 3.8) is 0 Å². The lowest BCUT2D eigenvalue weighted by molar-refractivity contribution is -0.138. The van der Waals surface area contributed by atoms with Crippen LogP contribution in [-0.4, -0.2) is 92.6 Å². The Morgan fingerprint density at radius 2 is 0.933 bits per heavy atom. The lowest BCUT2D eigenvalue weighted by Gasteiger charge is -2.31. The number of benzene rings is 5. The highest BCUT2D eigenvalue weighted by molar-refractivity contribution is 6.30. The minimum absolute atomic E-state index is 0.0645. The number of amides is 2. The van der Waals surface area contributed by atoms with Crippen LogP contribution >= 0.6 is 23.2 Å². The Morgan fingerprint density at radius 3 is 1.30 bits per heavy atom. The van der Waals surface area contributed by atoms with Crippen molar-refractivity contribution in [3.05, 3.63) is 142 Å². The Labute approximate surface area is 360 Å². The van der Waals surface area contributed by atoms with Gasteiger partial charge >= 0.3 is 0 Å². The van der Waals surface area contributed by atoms with E-state index in [-0.39, 0.29) is 23.9 Å². The van der Waals surface area contributed by atoms with Gasteiger partial charge in [-0.25, -0.2) is 9.97 Å². The number of rotatable bonds is 10. The third-order valence-electron chi connectivity index (χ3n) is 12.1. The molecule has 2 saturated heterocycles. The highest BCUT2D eigenvalue weighted by Gasteiger charge is 2.38. The molecule has 12 heteroatoms. The maximum atomic E-state index is 14.1. The van der Waals surface area contributed by atoms with Gasteiger partial charge in [-0.05, 0) is 136 Å². The Bertz CT molecular complexity index is 2490. The van der Waals surface area contributed by atoms with Crippen LogP contribution in [0.15, 0.2) is 109 Å². The van der Waals surface area contributed by atoms with Crippen molar-refractivity contribution in [2.45, 2.75) is 49.9 Å². The number of nitrogens with one attached hydrogen (secondary N) is 2. The number of likely N-dealkylation sites (N-methyl/N-ethyl adjacent to an activating group) is 2. The maximum absolute atomic E-state index is 14.1. The lowest BCUT2D eigenvalue weighted by Crippen LogP contribution is -2.40. The average Bonchev–Trinajstić information content (AvgIpc) is 4.07. The van der Waals surface area contributed by atoms with E-state index in [4.69, 9.17) is 33.2 Å². The molecule has 306 valence electrons. The van der Waals surface area contributed by atoms with Crippen LogP contribution in [0, 0.1) is 0 Å². The second kappa shape index (κ2) is 16.5. The minimum Gasteiger partial charge on any atom is -0.340 e. The first-order valence-electron chi connectivity index (χ1n) is 20.6. The molecule has 10 nitrogen and oxygen atoms in total. The number of nitrogens with zero attached hydrogens (tertiary/aromatic N) is 6. The van der Waals surface area contributed by atoms with Gasteiger partial charge in [0.2, 0.25) is 11.8 Å². The first-order valence-corrected chi connectivity index (χ1v) is 21.3. The number of aromatic nitrogens is 4. The Kier molecular flexibility index (Phi) is 11.0. The predicted octanol–water partition coefficient (Wildman–Crippen LogP) is 10.0. The molecular formula is C48H48Cl2N8O2. The summed E-state index contributed by atoms with van der Waals surface area (Å²) in [6, 6.07) is 35.2. The second-order valence-corrected chi connectivity index (χ2v) is 17.4. The van der Waals surface area contributed by atoms with E-state index in [9.17, 15) is 9.59 Å². The summed E-state index contributed by atoms with van der Waals surface area (Å²) in [6.07, 6.45) is 3.55. The van der Waals surface area contributed by atoms with Crippen molar-refractivity contribution in [2.75, 3.05) is 41.3 Å². The number of H-pyrrole nitrogens is 2. The molecule has 0 spiro atoms. The highest BCUT2D eigenvalue weighted by Crippen LogP contribution is 2.38. The number of halogens is 2. The van der Waals surface area contributed by atoms with E-state index in [0.29, 0.717) is 23.1 Å². The number of likely N-dealkylation sites (tertiary alicyclic amines) is 2. The summed E-state index contributed by atoms with van der Waals surface area (Å²) in [5.74, 6) is 1.76. The molecule has 0 bridgehead atoms. The first-order chi connectivity index (χ1) is 29.0. The van der Waals surface area contributed by atoms with Crippen molar-refractivity contribution in [1.29, 1.82) is 0 Å². The van der Waals surface area contributed by atoms with Crippen LogP contribution in [0.4, 0.5) is 0 Å². The number of hydrogen-bond donors (Lipinski definition) is 2. The van der Waals surface area contributed by atoms with Gasteiger partial charge in [0, 0.05) is 23.1 Å². The molecule has 2 aliphatic rings. The van der Waals surface area contributed by atoms with Gasteiger partial charge in [0.05, 0.1) is 34.2 Å². The number of hydrogen-bond acceptors (Lipinski definition) is 6. The molecule has 9 rings (SSSR count). The molecule has 5 aromatic carbocycles. The lowest BCUT2D eigenvalue weighted by atomic mass is 10.00. The molecule has 0 aliphatic carbocycles. The molecule has 0 saturated carbocycles. The molecule has 4 heterocycles. The molecule has 7 aromatic rings. The standard InChI is InChI=1S/C48H48Cl2N8O2/c1-55(2)43(31-13-19-35(49)20-14-31)47(59)57-25-5-7-41(57)45-51-37-23-17-33(27-39(37)53-45)29-9-11-30(12-10-29)34-18-24-38-40(28-34)54-46(52-38)42-8-6-26-58(42)48(60)44(56(3)4)32-15-21-36(50)22-16-32/h9-24,27-28,41-44H,5-8,25-26H2,1-4H3,(H,51,53)(H,52,54)/t41-,42+,43?,44?. The van der Waals surface area contributed by atoms with E-state index < -0.39 is 12.1 Å². The molecule has 2 amide bonds. The third kappa shape index (κ3) is 7.69.